The minimum atomic E-state index is -0.798. The fraction of sp³-hybridized carbons (Fsp3) is 0.500. The third kappa shape index (κ3) is 4.74. The lowest BCUT2D eigenvalue weighted by Crippen LogP contribution is -2.29. The fourth-order valence-electron chi connectivity index (χ4n) is 2.59. The lowest BCUT2D eigenvalue weighted by atomic mass is 9.99. The lowest BCUT2D eigenvalue weighted by molar-refractivity contribution is -0.142. The minimum absolute atomic E-state index is 0.0404. The first-order valence-electron chi connectivity index (χ1n) is 7.36. The molecule has 4 nitrogen and oxygen atoms in total. The molecule has 1 aromatic rings. The number of hydrogen-bond acceptors (Lipinski definition) is 3. The Morgan fingerprint density at radius 1 is 1.32 bits per heavy atom. The van der Waals surface area contributed by atoms with Crippen LogP contribution in [0.3, 0.4) is 0 Å². The summed E-state index contributed by atoms with van der Waals surface area (Å²) in [7, 11) is 0. The van der Waals surface area contributed by atoms with Gasteiger partial charge >= 0.3 is 5.97 Å². The van der Waals surface area contributed by atoms with Crippen LogP contribution in [-0.4, -0.2) is 40.7 Å². The zero-order chi connectivity index (χ0) is 16.1. The summed E-state index contributed by atoms with van der Waals surface area (Å²) in [4.78, 5) is 26.1. The topological polar surface area (TPSA) is 57.6 Å². The number of hydrogen-bond donors (Lipinski definition) is 1. The maximum Gasteiger partial charge on any atom is 0.308 e. The summed E-state index contributed by atoms with van der Waals surface area (Å²) in [6.45, 7) is 2.82. The Hall–Kier alpha value is -1.01. The Bertz CT molecular complexity index is 535. The van der Waals surface area contributed by atoms with Crippen molar-refractivity contribution in [2.45, 2.75) is 24.7 Å². The first-order valence-corrected chi connectivity index (χ1v) is 9.14. The van der Waals surface area contributed by atoms with Crippen molar-refractivity contribution in [3.63, 3.8) is 0 Å². The van der Waals surface area contributed by atoms with Crippen molar-refractivity contribution in [1.29, 1.82) is 0 Å². The van der Waals surface area contributed by atoms with Crippen molar-refractivity contribution in [1.82, 2.24) is 4.90 Å². The van der Waals surface area contributed by atoms with Crippen LogP contribution in [-0.2, 0) is 9.59 Å². The predicted molar refractivity (Wildman–Crippen MR) is 91.0 cm³/mol. The number of nitrogens with zero attached hydrogens (tertiary/aromatic N) is 1. The van der Waals surface area contributed by atoms with E-state index in [1.54, 1.807) is 16.7 Å². The standard InChI is InChI=1S/C16H20BrNO3S/c1-11-9-18(10-14(11)16(20)21)15(19)3-2-8-22-13-6-4-12(17)5-7-13/h4-7,11,14H,2-3,8-10H2,1H3,(H,20,21)/t11-,14-/m1/s1. The van der Waals surface area contributed by atoms with E-state index in [0.29, 0.717) is 19.5 Å². The Kier molecular flexibility index (Phi) is 6.32. The highest BCUT2D eigenvalue weighted by atomic mass is 79.9. The van der Waals surface area contributed by atoms with Crippen LogP contribution < -0.4 is 0 Å². The van der Waals surface area contributed by atoms with E-state index in [9.17, 15) is 9.59 Å². The molecule has 0 spiro atoms. The molecule has 22 heavy (non-hydrogen) atoms. The van der Waals surface area contributed by atoms with Gasteiger partial charge in [-0.3, -0.25) is 9.59 Å². The second-order valence-corrected chi connectivity index (χ2v) is 7.71. The van der Waals surface area contributed by atoms with E-state index in [0.717, 1.165) is 16.6 Å². The van der Waals surface area contributed by atoms with Crippen molar-refractivity contribution < 1.29 is 14.7 Å². The molecule has 1 saturated heterocycles. The number of thioether (sulfide) groups is 1. The summed E-state index contributed by atoms with van der Waals surface area (Å²) in [5.41, 5.74) is 0. The molecule has 2 rings (SSSR count). The molecule has 1 aliphatic heterocycles. The van der Waals surface area contributed by atoms with Gasteiger partial charge in [0, 0.05) is 28.9 Å². The zero-order valence-electron chi connectivity index (χ0n) is 12.5. The van der Waals surface area contributed by atoms with Gasteiger partial charge in [-0.05, 0) is 42.4 Å². The molecule has 0 radical (unpaired) electrons. The summed E-state index contributed by atoms with van der Waals surface area (Å²) >= 11 is 5.14. The maximum atomic E-state index is 12.1. The SMILES string of the molecule is C[C@@H]1CN(C(=O)CCCSc2ccc(Br)cc2)C[C@H]1C(=O)O. The number of amides is 1. The van der Waals surface area contributed by atoms with Gasteiger partial charge < -0.3 is 10.0 Å². The average Bonchev–Trinajstić information content (AvgIpc) is 2.87. The fourth-order valence-corrected chi connectivity index (χ4v) is 3.71. The van der Waals surface area contributed by atoms with Crippen molar-refractivity contribution in [3.05, 3.63) is 28.7 Å². The molecule has 1 aliphatic rings. The predicted octanol–water partition coefficient (Wildman–Crippen LogP) is 3.50. The van der Waals surface area contributed by atoms with Crippen LogP contribution in [0.5, 0.6) is 0 Å². The molecule has 6 heteroatoms. The minimum Gasteiger partial charge on any atom is -0.481 e. The van der Waals surface area contributed by atoms with Gasteiger partial charge in [0.2, 0.25) is 5.91 Å². The number of carboxylic acid groups (broad SMARTS) is 1. The maximum absolute atomic E-state index is 12.1. The van der Waals surface area contributed by atoms with Gasteiger partial charge in [0.1, 0.15) is 0 Å². The Labute approximate surface area is 143 Å². The third-order valence-corrected chi connectivity index (χ3v) is 5.53. The van der Waals surface area contributed by atoms with E-state index in [-0.39, 0.29) is 11.8 Å². The molecule has 1 heterocycles. The average molecular weight is 386 g/mol. The first kappa shape index (κ1) is 17.3. The molecule has 120 valence electrons. The molecule has 0 saturated carbocycles. The van der Waals surface area contributed by atoms with Gasteiger partial charge in [0.15, 0.2) is 0 Å². The van der Waals surface area contributed by atoms with Crippen LogP contribution in [0.25, 0.3) is 0 Å². The first-order chi connectivity index (χ1) is 10.5. The van der Waals surface area contributed by atoms with E-state index < -0.39 is 11.9 Å². The molecule has 0 aromatic heterocycles. The summed E-state index contributed by atoms with van der Waals surface area (Å²) in [6.07, 6.45) is 1.30. The normalized spacial score (nSPS) is 21.1. The highest BCUT2D eigenvalue weighted by Crippen LogP contribution is 2.25. The van der Waals surface area contributed by atoms with Crippen molar-refractivity contribution in [2.75, 3.05) is 18.8 Å². The van der Waals surface area contributed by atoms with Gasteiger partial charge in [-0.1, -0.05) is 22.9 Å². The van der Waals surface area contributed by atoms with Crippen LogP contribution in [0, 0.1) is 11.8 Å². The largest absolute Gasteiger partial charge is 0.481 e. The molecule has 1 fully saturated rings. The number of carboxylic acids is 1. The molecule has 0 bridgehead atoms. The Balaban J connectivity index is 1.70. The number of carbonyl (C=O) groups excluding carboxylic acids is 1. The van der Waals surface area contributed by atoms with Crippen LogP contribution in [0.1, 0.15) is 19.8 Å². The van der Waals surface area contributed by atoms with Crippen LogP contribution >= 0.6 is 27.7 Å². The third-order valence-electron chi connectivity index (χ3n) is 3.90. The molecular weight excluding hydrogens is 366 g/mol. The van der Waals surface area contributed by atoms with Crippen molar-refractivity contribution >= 4 is 39.6 Å². The number of aliphatic carboxylic acids is 1. The molecule has 0 unspecified atom stereocenters. The van der Waals surface area contributed by atoms with Gasteiger partial charge in [0.05, 0.1) is 5.92 Å². The van der Waals surface area contributed by atoms with E-state index >= 15 is 0 Å². The van der Waals surface area contributed by atoms with Gasteiger partial charge in [-0.15, -0.1) is 11.8 Å². The molecule has 2 atom stereocenters. The van der Waals surface area contributed by atoms with Gasteiger partial charge in [-0.2, -0.15) is 0 Å². The Morgan fingerprint density at radius 2 is 2.00 bits per heavy atom. The number of benzene rings is 1. The van der Waals surface area contributed by atoms with E-state index in [2.05, 4.69) is 28.1 Å². The summed E-state index contributed by atoms with van der Waals surface area (Å²) < 4.78 is 1.06. The van der Waals surface area contributed by atoms with Crippen molar-refractivity contribution in [2.24, 2.45) is 11.8 Å². The number of rotatable bonds is 6. The summed E-state index contributed by atoms with van der Waals surface area (Å²) in [5.74, 6) is -0.209. The van der Waals surface area contributed by atoms with Gasteiger partial charge in [0.25, 0.3) is 0 Å². The molecule has 1 N–H and O–H groups in total. The quantitative estimate of drug-likeness (QED) is 0.601. The zero-order valence-corrected chi connectivity index (χ0v) is 14.9. The van der Waals surface area contributed by atoms with Crippen molar-refractivity contribution in [3.8, 4) is 0 Å². The van der Waals surface area contributed by atoms with Crippen LogP contribution in [0.15, 0.2) is 33.6 Å². The summed E-state index contributed by atoms with van der Waals surface area (Å²) in [6, 6.07) is 8.11. The number of carbonyl (C=O) groups is 2. The molecular formula is C16H20BrNO3S. The summed E-state index contributed by atoms with van der Waals surface area (Å²) in [5, 5.41) is 9.10. The van der Waals surface area contributed by atoms with Crippen LogP contribution in [0.2, 0.25) is 0 Å². The lowest BCUT2D eigenvalue weighted by Gasteiger charge is -2.15. The van der Waals surface area contributed by atoms with E-state index in [1.165, 1.54) is 4.90 Å². The Morgan fingerprint density at radius 3 is 2.59 bits per heavy atom. The second kappa shape index (κ2) is 8.02. The highest BCUT2D eigenvalue weighted by Gasteiger charge is 2.36. The number of halogens is 1. The number of likely N-dealkylation sites (tertiary alicyclic amines) is 1. The molecule has 0 aliphatic carbocycles. The smallest absolute Gasteiger partial charge is 0.308 e. The molecule has 1 amide bonds. The van der Waals surface area contributed by atoms with Gasteiger partial charge in [-0.25, -0.2) is 0 Å². The van der Waals surface area contributed by atoms with E-state index in [4.69, 9.17) is 5.11 Å². The second-order valence-electron chi connectivity index (χ2n) is 5.63. The highest BCUT2D eigenvalue weighted by molar-refractivity contribution is 9.10. The van der Waals surface area contributed by atoms with Crippen LogP contribution in [0.4, 0.5) is 0 Å². The van der Waals surface area contributed by atoms with E-state index in [1.807, 2.05) is 19.1 Å². The monoisotopic (exact) mass is 385 g/mol. The molecule has 1 aromatic carbocycles.